The van der Waals surface area contributed by atoms with Crippen LogP contribution in [0.25, 0.3) is 0 Å². The monoisotopic (exact) mass is 198 g/mol. The number of hydrogen-bond acceptors (Lipinski definition) is 2. The normalized spacial score (nSPS) is 10.7. The minimum atomic E-state index is -0.0698. The fraction of sp³-hybridized carbons (Fsp3) is 0.750. The Hall–Kier alpha value is -0.790. The van der Waals surface area contributed by atoms with Gasteiger partial charge in [-0.15, -0.1) is 0 Å². The number of esters is 1. The van der Waals surface area contributed by atoms with Gasteiger partial charge in [-0.3, -0.25) is 4.79 Å². The molecule has 0 spiro atoms. The Morgan fingerprint density at radius 3 is 2.50 bits per heavy atom. The second-order valence-corrected chi connectivity index (χ2v) is 3.37. The summed E-state index contributed by atoms with van der Waals surface area (Å²) < 4.78 is 5.02. The van der Waals surface area contributed by atoms with Crippen molar-refractivity contribution in [2.24, 2.45) is 0 Å². The highest BCUT2D eigenvalue weighted by atomic mass is 16.5. The predicted molar refractivity (Wildman–Crippen MR) is 59.1 cm³/mol. The number of ether oxygens (including phenoxy) is 1. The third kappa shape index (κ3) is 9.30. The molecule has 0 aromatic carbocycles. The molecule has 0 bridgehead atoms. The molecule has 14 heavy (non-hydrogen) atoms. The van der Waals surface area contributed by atoms with Crippen LogP contribution in [-0.4, -0.2) is 12.6 Å². The van der Waals surface area contributed by atoms with Crippen LogP contribution >= 0.6 is 0 Å². The molecule has 0 rings (SSSR count). The Morgan fingerprint density at radius 2 is 1.86 bits per heavy atom. The van der Waals surface area contributed by atoms with Crippen LogP contribution in [0.5, 0.6) is 0 Å². The molecule has 0 aliphatic carbocycles. The summed E-state index contributed by atoms with van der Waals surface area (Å²) in [5.74, 6) is -0.0698. The maximum absolute atomic E-state index is 11.1. The average Bonchev–Trinajstić information content (AvgIpc) is 2.18. The van der Waals surface area contributed by atoms with Crippen molar-refractivity contribution < 1.29 is 9.53 Å². The van der Waals surface area contributed by atoms with Gasteiger partial charge in [-0.1, -0.05) is 38.8 Å². The van der Waals surface area contributed by atoms with Gasteiger partial charge in [-0.2, -0.15) is 0 Å². The zero-order chi connectivity index (χ0) is 10.6. The summed E-state index contributed by atoms with van der Waals surface area (Å²) in [5, 5.41) is 0. The molecule has 0 aromatic rings. The van der Waals surface area contributed by atoms with Crippen LogP contribution in [0.1, 0.15) is 52.4 Å². The largest absolute Gasteiger partial charge is 0.466 e. The Balaban J connectivity index is 3.26. The van der Waals surface area contributed by atoms with E-state index in [2.05, 4.69) is 26.0 Å². The minimum absolute atomic E-state index is 0.0698. The fourth-order valence-corrected chi connectivity index (χ4v) is 1.01. The Kier molecular flexibility index (Phi) is 9.71. The lowest BCUT2D eigenvalue weighted by Gasteiger charge is -2.01. The molecule has 0 aliphatic heterocycles. The van der Waals surface area contributed by atoms with Gasteiger partial charge in [0.2, 0.25) is 0 Å². The number of rotatable bonds is 8. The van der Waals surface area contributed by atoms with Crippen molar-refractivity contribution in [3.63, 3.8) is 0 Å². The number of unbranched alkanes of at least 4 members (excludes halogenated alkanes) is 2. The van der Waals surface area contributed by atoms with Crippen molar-refractivity contribution in [2.45, 2.75) is 52.4 Å². The summed E-state index contributed by atoms with van der Waals surface area (Å²) in [6.45, 7) is 4.80. The molecule has 0 saturated heterocycles. The van der Waals surface area contributed by atoms with Gasteiger partial charge in [0, 0.05) is 6.42 Å². The minimum Gasteiger partial charge on any atom is -0.466 e. The lowest BCUT2D eigenvalue weighted by Crippen LogP contribution is -2.04. The van der Waals surface area contributed by atoms with E-state index >= 15 is 0 Å². The van der Waals surface area contributed by atoms with Crippen LogP contribution in [0, 0.1) is 0 Å². The van der Waals surface area contributed by atoms with E-state index in [1.807, 2.05) is 0 Å². The number of hydrogen-bond donors (Lipinski definition) is 0. The van der Waals surface area contributed by atoms with E-state index in [4.69, 9.17) is 4.74 Å². The van der Waals surface area contributed by atoms with E-state index in [-0.39, 0.29) is 5.97 Å². The number of carbonyl (C=O) groups excluding carboxylic acids is 1. The summed E-state index contributed by atoms with van der Waals surface area (Å²) in [5.41, 5.74) is 0. The van der Waals surface area contributed by atoms with Crippen LogP contribution < -0.4 is 0 Å². The van der Waals surface area contributed by atoms with Crippen LogP contribution in [0.4, 0.5) is 0 Å². The molecule has 2 nitrogen and oxygen atoms in total. The average molecular weight is 198 g/mol. The smallest absolute Gasteiger partial charge is 0.306 e. The van der Waals surface area contributed by atoms with E-state index in [1.165, 1.54) is 0 Å². The Morgan fingerprint density at radius 1 is 1.14 bits per heavy atom. The molecule has 0 unspecified atom stereocenters. The summed E-state index contributed by atoms with van der Waals surface area (Å²) in [6.07, 6.45) is 9.82. The van der Waals surface area contributed by atoms with Gasteiger partial charge in [-0.25, -0.2) is 0 Å². The van der Waals surface area contributed by atoms with Gasteiger partial charge >= 0.3 is 5.97 Å². The van der Waals surface area contributed by atoms with Crippen molar-refractivity contribution in [3.8, 4) is 0 Å². The molecule has 2 heteroatoms. The molecule has 0 heterocycles. The van der Waals surface area contributed by atoms with Crippen molar-refractivity contribution in [1.82, 2.24) is 0 Å². The first-order chi connectivity index (χ1) is 6.81. The Bertz CT molecular complexity index is 162. The van der Waals surface area contributed by atoms with Crippen molar-refractivity contribution in [3.05, 3.63) is 12.2 Å². The lowest BCUT2D eigenvalue weighted by atomic mass is 10.2. The zero-order valence-electron chi connectivity index (χ0n) is 9.42. The summed E-state index contributed by atoms with van der Waals surface area (Å²) >= 11 is 0. The SMILES string of the molecule is CCCC=CCCC(=O)OCCCC. The molecule has 0 radical (unpaired) electrons. The van der Waals surface area contributed by atoms with E-state index in [0.29, 0.717) is 13.0 Å². The fourth-order valence-electron chi connectivity index (χ4n) is 1.01. The van der Waals surface area contributed by atoms with Gasteiger partial charge in [0.15, 0.2) is 0 Å². The number of carbonyl (C=O) groups is 1. The predicted octanol–water partition coefficient (Wildman–Crippen LogP) is 3.47. The maximum atomic E-state index is 11.1. The van der Waals surface area contributed by atoms with E-state index in [1.54, 1.807) is 0 Å². The van der Waals surface area contributed by atoms with Crippen LogP contribution in [0.2, 0.25) is 0 Å². The van der Waals surface area contributed by atoms with Gasteiger partial charge < -0.3 is 4.74 Å². The second kappa shape index (κ2) is 10.3. The van der Waals surface area contributed by atoms with Gasteiger partial charge in [0.05, 0.1) is 6.61 Å². The van der Waals surface area contributed by atoms with Gasteiger partial charge in [0.1, 0.15) is 0 Å². The first-order valence-electron chi connectivity index (χ1n) is 5.61. The summed E-state index contributed by atoms with van der Waals surface area (Å²) in [6, 6.07) is 0. The van der Waals surface area contributed by atoms with Crippen molar-refractivity contribution >= 4 is 5.97 Å². The first-order valence-corrected chi connectivity index (χ1v) is 5.61. The molecule has 0 N–H and O–H groups in total. The zero-order valence-corrected chi connectivity index (χ0v) is 9.42. The first kappa shape index (κ1) is 13.2. The molecule has 0 amide bonds. The quantitative estimate of drug-likeness (QED) is 0.339. The second-order valence-electron chi connectivity index (χ2n) is 3.37. The summed E-state index contributed by atoms with van der Waals surface area (Å²) in [7, 11) is 0. The standard InChI is InChI=1S/C12H22O2/c1-3-5-7-8-9-10-12(13)14-11-6-4-2/h7-8H,3-6,9-11H2,1-2H3. The topological polar surface area (TPSA) is 26.3 Å². The lowest BCUT2D eigenvalue weighted by molar-refractivity contribution is -0.143. The van der Waals surface area contributed by atoms with Crippen molar-refractivity contribution in [1.29, 1.82) is 0 Å². The van der Waals surface area contributed by atoms with Gasteiger partial charge in [0.25, 0.3) is 0 Å². The van der Waals surface area contributed by atoms with E-state index in [9.17, 15) is 4.79 Å². The molecular weight excluding hydrogens is 176 g/mol. The highest BCUT2D eigenvalue weighted by Gasteiger charge is 1.99. The molecular formula is C12H22O2. The summed E-state index contributed by atoms with van der Waals surface area (Å²) in [4.78, 5) is 11.1. The van der Waals surface area contributed by atoms with Gasteiger partial charge in [-0.05, 0) is 19.3 Å². The van der Waals surface area contributed by atoms with Crippen molar-refractivity contribution in [2.75, 3.05) is 6.61 Å². The third-order valence-corrected chi connectivity index (χ3v) is 1.90. The third-order valence-electron chi connectivity index (χ3n) is 1.90. The molecule has 0 aliphatic rings. The Labute approximate surface area is 87.3 Å². The molecule has 0 saturated carbocycles. The van der Waals surface area contributed by atoms with E-state index in [0.717, 1.165) is 32.1 Å². The molecule has 0 atom stereocenters. The molecule has 82 valence electrons. The van der Waals surface area contributed by atoms with Crippen LogP contribution in [-0.2, 0) is 9.53 Å². The highest BCUT2D eigenvalue weighted by molar-refractivity contribution is 5.69. The van der Waals surface area contributed by atoms with E-state index < -0.39 is 0 Å². The maximum Gasteiger partial charge on any atom is 0.306 e. The van der Waals surface area contributed by atoms with Crippen LogP contribution in [0.3, 0.4) is 0 Å². The molecule has 0 aromatic heterocycles. The highest BCUT2D eigenvalue weighted by Crippen LogP contribution is 1.98. The number of allylic oxidation sites excluding steroid dienone is 2. The molecule has 0 fully saturated rings. The van der Waals surface area contributed by atoms with Crippen LogP contribution in [0.15, 0.2) is 12.2 Å².